The Balaban J connectivity index is 1.21. The molecule has 3 aliphatic carbocycles. The van der Waals surface area contributed by atoms with E-state index in [1.807, 2.05) is 6.07 Å². The van der Waals surface area contributed by atoms with Crippen molar-refractivity contribution in [2.24, 2.45) is 11.1 Å². The lowest BCUT2D eigenvalue weighted by molar-refractivity contribution is -0.00920. The highest BCUT2D eigenvalue weighted by Crippen LogP contribution is 2.43. The van der Waals surface area contributed by atoms with Crippen LogP contribution in [0.3, 0.4) is 0 Å². The highest BCUT2D eigenvalue weighted by molar-refractivity contribution is 6.01. The van der Waals surface area contributed by atoms with Crippen LogP contribution in [-0.4, -0.2) is 72.8 Å². The maximum Gasteiger partial charge on any atom is 0.253 e. The molecule has 9 heteroatoms. The van der Waals surface area contributed by atoms with E-state index in [-0.39, 0.29) is 28.9 Å². The molecule has 0 radical (unpaired) electrons. The molecule has 41 heavy (non-hydrogen) atoms. The van der Waals surface area contributed by atoms with Crippen molar-refractivity contribution in [1.82, 2.24) is 9.47 Å². The van der Waals surface area contributed by atoms with Crippen LogP contribution in [0, 0.1) is 11.2 Å². The van der Waals surface area contributed by atoms with Crippen molar-refractivity contribution in [1.29, 1.82) is 0 Å². The van der Waals surface area contributed by atoms with Gasteiger partial charge < -0.3 is 25.1 Å². The Morgan fingerprint density at radius 2 is 1.88 bits per heavy atom. The number of Topliss-reactive ketones (excluding diaryl/α,β-unsaturated/α-hetero) is 1. The number of primary amides is 1. The summed E-state index contributed by atoms with van der Waals surface area (Å²) in [5.74, 6) is -1.23. The van der Waals surface area contributed by atoms with Gasteiger partial charge in [0.2, 0.25) is 0 Å². The van der Waals surface area contributed by atoms with Crippen molar-refractivity contribution >= 4 is 17.4 Å². The van der Waals surface area contributed by atoms with Gasteiger partial charge in [0, 0.05) is 49.0 Å². The smallest absolute Gasteiger partial charge is 0.253 e. The third-order valence-electron chi connectivity index (χ3n) is 9.36. The monoisotopic (exact) mass is 566 g/mol. The van der Waals surface area contributed by atoms with Gasteiger partial charge in [0.25, 0.3) is 5.91 Å². The first-order valence-corrected chi connectivity index (χ1v) is 15.3. The number of aromatic nitrogens is 1. The number of morpholine rings is 1. The van der Waals surface area contributed by atoms with E-state index in [2.05, 4.69) is 28.6 Å². The van der Waals surface area contributed by atoms with Gasteiger partial charge in [-0.2, -0.15) is 0 Å². The Labute approximate surface area is 241 Å². The molecule has 1 amide bonds. The van der Waals surface area contributed by atoms with Gasteiger partial charge in [0.15, 0.2) is 5.78 Å². The number of carbonyl (C=O) groups excluding carboxylic acids is 2. The lowest BCUT2D eigenvalue weighted by Gasteiger charge is -2.32. The minimum Gasteiger partial charge on any atom is -0.382 e. The molecule has 0 bridgehead atoms. The summed E-state index contributed by atoms with van der Waals surface area (Å²) >= 11 is 0. The minimum atomic E-state index is -0.784. The number of hydrogen-bond donors (Lipinski definition) is 2. The number of ketones is 1. The predicted octanol–water partition coefficient (Wildman–Crippen LogP) is 4.43. The van der Waals surface area contributed by atoms with Gasteiger partial charge in [0.05, 0.1) is 42.9 Å². The third kappa shape index (κ3) is 5.81. The normalized spacial score (nSPS) is 24.2. The highest BCUT2D eigenvalue weighted by Gasteiger charge is 2.39. The number of carbonyl (C=O) groups is 2. The quantitative estimate of drug-likeness (QED) is 0.491. The maximum absolute atomic E-state index is 15.6. The first-order chi connectivity index (χ1) is 19.7. The maximum atomic E-state index is 15.6. The topological polar surface area (TPSA) is 98.8 Å². The average molecular weight is 567 g/mol. The van der Waals surface area contributed by atoms with Crippen LogP contribution in [0.25, 0.3) is 5.69 Å². The zero-order valence-corrected chi connectivity index (χ0v) is 24.4. The van der Waals surface area contributed by atoms with E-state index in [0.29, 0.717) is 24.4 Å². The number of halogens is 1. The van der Waals surface area contributed by atoms with Crippen LogP contribution in [0.15, 0.2) is 12.1 Å². The second-order valence-electron chi connectivity index (χ2n) is 13.0. The van der Waals surface area contributed by atoms with Gasteiger partial charge >= 0.3 is 0 Å². The molecule has 1 aromatic heterocycles. The van der Waals surface area contributed by atoms with Gasteiger partial charge in [-0.05, 0) is 74.5 Å². The van der Waals surface area contributed by atoms with Gasteiger partial charge in [-0.1, -0.05) is 13.8 Å². The summed E-state index contributed by atoms with van der Waals surface area (Å²) in [4.78, 5) is 28.0. The minimum absolute atomic E-state index is 0.0895. The standard InChI is InChI=1S/C32H43FN4O4/c1-32(2)18-27-29(28(38)19-32)23-4-3-5-26(23)37(27)21-16-24(33)30(31(34)39)25(17-21)35-20-6-8-22(9-7-20)41-15-12-36-10-13-40-14-11-36/h16-17,20,22,35H,3-15,18-19H2,1-2H3,(H2,34,39)/t20-,22-. The van der Waals surface area contributed by atoms with Gasteiger partial charge in [-0.3, -0.25) is 14.5 Å². The first kappa shape index (κ1) is 28.4. The Hall–Kier alpha value is -2.75. The largest absolute Gasteiger partial charge is 0.382 e. The van der Waals surface area contributed by atoms with E-state index in [4.69, 9.17) is 15.2 Å². The second kappa shape index (κ2) is 11.5. The molecule has 8 nitrogen and oxygen atoms in total. The summed E-state index contributed by atoms with van der Waals surface area (Å²) in [7, 11) is 0. The first-order valence-electron chi connectivity index (χ1n) is 15.3. The lowest BCUT2D eigenvalue weighted by Crippen LogP contribution is -2.39. The number of benzene rings is 1. The molecule has 222 valence electrons. The van der Waals surface area contributed by atoms with Crippen molar-refractivity contribution in [3.63, 3.8) is 0 Å². The van der Waals surface area contributed by atoms with Crippen LogP contribution >= 0.6 is 0 Å². The molecule has 1 aromatic carbocycles. The van der Waals surface area contributed by atoms with Gasteiger partial charge in [0.1, 0.15) is 5.82 Å². The van der Waals surface area contributed by atoms with Crippen LogP contribution < -0.4 is 11.1 Å². The number of hydrogen-bond acceptors (Lipinski definition) is 6. The molecule has 1 aliphatic heterocycles. The number of fused-ring (bicyclic) bond motifs is 3. The van der Waals surface area contributed by atoms with Gasteiger partial charge in [-0.15, -0.1) is 0 Å². The molecule has 4 aliphatic rings. The molecule has 1 saturated carbocycles. The molecular weight excluding hydrogens is 523 g/mol. The number of nitrogens with two attached hydrogens (primary N) is 1. The Morgan fingerprint density at radius 3 is 2.61 bits per heavy atom. The zero-order chi connectivity index (χ0) is 28.7. The molecule has 0 spiro atoms. The molecule has 1 saturated heterocycles. The van der Waals surface area contributed by atoms with E-state index in [1.165, 1.54) is 6.07 Å². The van der Waals surface area contributed by atoms with Crippen LogP contribution in [-0.2, 0) is 28.7 Å². The van der Waals surface area contributed by atoms with Crippen LogP contribution in [0.2, 0.25) is 0 Å². The lowest BCUT2D eigenvalue weighted by atomic mass is 9.75. The Kier molecular flexibility index (Phi) is 7.96. The molecule has 0 atom stereocenters. The Bertz CT molecular complexity index is 1320. The molecular formula is C32H43FN4O4. The molecule has 2 fully saturated rings. The number of ether oxygens (including phenoxy) is 2. The highest BCUT2D eigenvalue weighted by atomic mass is 19.1. The van der Waals surface area contributed by atoms with Crippen molar-refractivity contribution in [3.05, 3.63) is 46.0 Å². The summed E-state index contributed by atoms with van der Waals surface area (Å²) in [6.45, 7) is 9.36. The number of anilines is 1. The van der Waals surface area contributed by atoms with E-state index < -0.39 is 11.7 Å². The third-order valence-corrected chi connectivity index (χ3v) is 9.36. The van der Waals surface area contributed by atoms with Crippen molar-refractivity contribution in [2.75, 3.05) is 44.8 Å². The van der Waals surface area contributed by atoms with Crippen LogP contribution in [0.1, 0.15) is 90.0 Å². The summed E-state index contributed by atoms with van der Waals surface area (Å²) < 4.78 is 29.3. The van der Waals surface area contributed by atoms with E-state index in [1.54, 1.807) is 0 Å². The summed E-state index contributed by atoms with van der Waals surface area (Å²) in [6.07, 6.45) is 7.75. The van der Waals surface area contributed by atoms with E-state index in [0.717, 1.165) is 107 Å². The summed E-state index contributed by atoms with van der Waals surface area (Å²) in [6, 6.07) is 3.36. The molecule has 2 heterocycles. The van der Waals surface area contributed by atoms with Crippen LogP contribution in [0.5, 0.6) is 0 Å². The fraction of sp³-hybridized carbons (Fsp3) is 0.625. The predicted molar refractivity (Wildman–Crippen MR) is 156 cm³/mol. The van der Waals surface area contributed by atoms with Crippen molar-refractivity contribution in [3.8, 4) is 5.69 Å². The zero-order valence-electron chi connectivity index (χ0n) is 24.4. The molecule has 0 unspecified atom stereocenters. The van der Waals surface area contributed by atoms with Crippen LogP contribution in [0.4, 0.5) is 10.1 Å². The molecule has 3 N–H and O–H groups in total. The number of nitrogens with one attached hydrogen (secondary N) is 1. The second-order valence-corrected chi connectivity index (χ2v) is 13.0. The number of rotatable bonds is 8. The van der Waals surface area contributed by atoms with Crippen molar-refractivity contribution < 1.29 is 23.5 Å². The van der Waals surface area contributed by atoms with E-state index in [9.17, 15) is 9.59 Å². The summed E-state index contributed by atoms with van der Waals surface area (Å²) in [5, 5.41) is 3.48. The fourth-order valence-corrected chi connectivity index (χ4v) is 7.39. The summed E-state index contributed by atoms with van der Waals surface area (Å²) in [5.41, 5.74) is 10.5. The van der Waals surface area contributed by atoms with Gasteiger partial charge in [-0.25, -0.2) is 4.39 Å². The fourth-order valence-electron chi connectivity index (χ4n) is 7.39. The SMILES string of the molecule is CC1(C)CC(=O)c2c3c(n(-c4cc(F)c(C(N)=O)c(N[C@H]5CC[C@H](OCCN6CCOCC6)CC5)c4)c2C1)CCC3. The Morgan fingerprint density at radius 1 is 1.12 bits per heavy atom. The number of amides is 1. The van der Waals surface area contributed by atoms with Crippen molar-refractivity contribution in [2.45, 2.75) is 83.8 Å². The van der Waals surface area contributed by atoms with E-state index >= 15 is 4.39 Å². The molecule has 6 rings (SSSR count). The number of nitrogens with zero attached hydrogens (tertiary/aromatic N) is 2. The molecule has 2 aromatic rings. The average Bonchev–Trinajstić information content (AvgIpc) is 3.49.